The number of fused-ring (bicyclic) bond motifs is 1. The zero-order valence-corrected chi connectivity index (χ0v) is 41.1. The number of esters is 1. The number of piperazine rings is 1. The van der Waals surface area contributed by atoms with Crippen molar-refractivity contribution in [1.29, 1.82) is 0 Å². The van der Waals surface area contributed by atoms with E-state index in [1.54, 1.807) is 46.0 Å². The first kappa shape index (κ1) is 51.7. The van der Waals surface area contributed by atoms with Crippen molar-refractivity contribution in [1.82, 2.24) is 30.2 Å². The lowest BCUT2D eigenvalue weighted by molar-refractivity contribution is -0.148. The summed E-state index contributed by atoms with van der Waals surface area (Å²) in [6.07, 6.45) is -3.11. The highest BCUT2D eigenvalue weighted by atomic mass is 19.3. The molecular weight excluding hydrogens is 902 g/mol. The van der Waals surface area contributed by atoms with Crippen LogP contribution in [0.2, 0.25) is 0 Å². The van der Waals surface area contributed by atoms with E-state index in [4.69, 9.17) is 23.9 Å². The molecule has 5 atom stereocenters. The predicted molar refractivity (Wildman–Crippen MR) is 253 cm³/mol. The number of rotatable bonds is 17. The van der Waals surface area contributed by atoms with Gasteiger partial charge >= 0.3 is 18.0 Å². The third-order valence-corrected chi connectivity index (χ3v) is 13.3. The number of hydrogen-bond donors (Lipinski definition) is 3. The molecule has 7 rings (SSSR count). The number of hydrazine groups is 1. The maximum Gasteiger partial charge on any atom is 0.408 e. The number of carbonyl (C=O) groups is 4. The molecule has 17 nitrogen and oxygen atoms in total. The number of carbonyl (C=O) groups excluding carboxylic acids is 3. The monoisotopic (exact) mass is 971 g/mol. The molecule has 20 heteroatoms. The van der Waals surface area contributed by atoms with E-state index in [1.165, 1.54) is 31.9 Å². The summed E-state index contributed by atoms with van der Waals surface area (Å²) in [6, 6.07) is 5.62. The lowest BCUT2D eigenvalue weighted by Crippen LogP contribution is -2.61. The van der Waals surface area contributed by atoms with E-state index in [-0.39, 0.29) is 50.4 Å². The molecule has 1 aliphatic carbocycles. The van der Waals surface area contributed by atoms with Crippen molar-refractivity contribution in [3.63, 3.8) is 0 Å². The third-order valence-electron chi connectivity index (χ3n) is 13.3. The molecule has 1 saturated carbocycles. The van der Waals surface area contributed by atoms with Gasteiger partial charge in [0.1, 0.15) is 17.7 Å². The maximum absolute atomic E-state index is 16.6. The second kappa shape index (κ2) is 21.4. The second-order valence-corrected chi connectivity index (χ2v) is 20.5. The molecule has 3 aromatic rings. The Morgan fingerprint density at radius 1 is 0.971 bits per heavy atom. The molecule has 0 spiro atoms. The van der Waals surface area contributed by atoms with Crippen molar-refractivity contribution in [2.24, 2.45) is 5.41 Å². The zero-order chi connectivity index (χ0) is 49.9. The van der Waals surface area contributed by atoms with Gasteiger partial charge < -0.3 is 43.7 Å². The number of nitrogens with zero attached hydrogens (tertiary/aromatic N) is 6. The third kappa shape index (κ3) is 12.6. The Morgan fingerprint density at radius 2 is 1.70 bits per heavy atom. The summed E-state index contributed by atoms with van der Waals surface area (Å²) < 4.78 is 70.7. The molecule has 3 aliphatic heterocycles. The number of amides is 2. The van der Waals surface area contributed by atoms with Crippen molar-refractivity contribution >= 4 is 46.2 Å². The Kier molecular flexibility index (Phi) is 16.1. The van der Waals surface area contributed by atoms with Crippen LogP contribution in [0, 0.1) is 5.41 Å². The van der Waals surface area contributed by atoms with Gasteiger partial charge in [0.2, 0.25) is 6.30 Å². The number of benzene rings is 1. The number of aromatic nitrogens is 2. The number of morpholine rings is 1. The van der Waals surface area contributed by atoms with Crippen molar-refractivity contribution in [3.05, 3.63) is 41.7 Å². The van der Waals surface area contributed by atoms with Crippen LogP contribution in [-0.2, 0) is 39.8 Å². The number of pyridine rings is 1. The van der Waals surface area contributed by atoms with Crippen molar-refractivity contribution < 1.29 is 56.4 Å². The SMILES string of the molecule is CO[C@@H](C)c1ncc(N2CCN(C3CC3)CC2)cc1-c1c(CC(C)(C)COC(C)=O)c2cc(N3CCOC(CC(NC(=O)OC(C)(C)C)C(=O)N4CCCC(C(=O)O)N4)C3)ccc2n1C(F)C(F)F. The molecule has 2 aromatic heterocycles. The number of anilines is 2. The van der Waals surface area contributed by atoms with Crippen LogP contribution < -0.4 is 20.5 Å². The number of halogens is 3. The summed E-state index contributed by atoms with van der Waals surface area (Å²) in [4.78, 5) is 62.8. The van der Waals surface area contributed by atoms with Gasteiger partial charge in [-0.25, -0.2) is 23.4 Å². The number of carboxylic acids is 1. The Hall–Kier alpha value is -5.18. The van der Waals surface area contributed by atoms with Crippen LogP contribution in [0.15, 0.2) is 30.5 Å². The fourth-order valence-corrected chi connectivity index (χ4v) is 9.62. The molecule has 5 heterocycles. The minimum absolute atomic E-state index is 0.000202. The number of alkyl halides is 3. The summed E-state index contributed by atoms with van der Waals surface area (Å²) in [5, 5.41) is 14.1. The van der Waals surface area contributed by atoms with Gasteiger partial charge in [-0.2, -0.15) is 0 Å². The molecule has 4 aliphatic rings. The zero-order valence-electron chi connectivity index (χ0n) is 41.1. The van der Waals surface area contributed by atoms with E-state index < -0.39 is 72.0 Å². The minimum atomic E-state index is -3.39. The topological polar surface area (TPSA) is 180 Å². The quantitative estimate of drug-likeness (QED) is 0.123. The first-order chi connectivity index (χ1) is 32.6. The highest BCUT2D eigenvalue weighted by molar-refractivity contribution is 5.95. The Labute approximate surface area is 401 Å². The van der Waals surface area contributed by atoms with Crippen molar-refractivity contribution in [2.75, 3.05) is 75.9 Å². The number of ether oxygens (including phenoxy) is 4. The number of nitrogens with one attached hydrogen (secondary N) is 2. The number of methoxy groups -OCH3 is 1. The highest BCUT2D eigenvalue weighted by Crippen LogP contribution is 2.45. The van der Waals surface area contributed by atoms with Crippen LogP contribution >= 0.6 is 0 Å². The molecule has 3 N–H and O–H groups in total. The number of aliphatic carboxylic acids is 1. The normalized spacial score (nSPS) is 21.0. The minimum Gasteiger partial charge on any atom is -0.480 e. The molecule has 0 radical (unpaired) electrons. The van der Waals surface area contributed by atoms with Crippen LogP contribution in [-0.4, -0.2) is 151 Å². The average Bonchev–Trinajstić information content (AvgIpc) is 4.12. The first-order valence-electron chi connectivity index (χ1n) is 24.0. The van der Waals surface area contributed by atoms with Crippen LogP contribution in [0.3, 0.4) is 0 Å². The number of alkyl carbamates (subject to hydrolysis) is 1. The molecular formula is C49H69F3N8O9. The molecule has 380 valence electrons. The van der Waals surface area contributed by atoms with E-state index in [2.05, 4.69) is 20.5 Å². The first-order valence-corrected chi connectivity index (χ1v) is 24.0. The van der Waals surface area contributed by atoms with E-state index in [0.717, 1.165) is 36.4 Å². The molecule has 4 fully saturated rings. The molecule has 0 bridgehead atoms. The number of carboxylic acid groups (broad SMARTS) is 1. The number of hydrogen-bond acceptors (Lipinski definition) is 13. The standard InChI is InChI=1S/C49H69F3N8O9/c1-29(66-8)41-36(23-33(26-53-41)57-18-16-56(17-19-57)31-11-12-31)42-37(25-49(6,7)28-68-30(2)61)35-22-32(13-14-40(35)60(42)44(52)43(50)51)58-20-21-67-34(27-58)24-39(54-47(65)69-48(3,4)5)45(62)59-15-9-10-38(55-59)46(63)64/h13-14,22-23,26,29,31,34,38-39,43-44,55H,9-12,15-21,24-25,27-28H2,1-8H3,(H,54,65)(H,63,64)/t29-,34?,38?,39?,44?/m0/s1. The van der Waals surface area contributed by atoms with Gasteiger partial charge in [0, 0.05) is 94.4 Å². The summed E-state index contributed by atoms with van der Waals surface area (Å²) in [5.74, 6) is -2.13. The van der Waals surface area contributed by atoms with E-state index in [9.17, 15) is 33.1 Å². The van der Waals surface area contributed by atoms with Crippen molar-refractivity contribution in [2.45, 2.75) is 136 Å². The summed E-state index contributed by atoms with van der Waals surface area (Å²) >= 11 is 0. The average molecular weight is 971 g/mol. The van der Waals surface area contributed by atoms with Gasteiger partial charge in [0.25, 0.3) is 12.3 Å². The van der Waals surface area contributed by atoms with E-state index in [0.29, 0.717) is 53.3 Å². The molecule has 1 aromatic carbocycles. The van der Waals surface area contributed by atoms with Gasteiger partial charge in [0.15, 0.2) is 0 Å². The predicted octanol–water partition coefficient (Wildman–Crippen LogP) is 6.63. The highest BCUT2D eigenvalue weighted by Gasteiger charge is 2.38. The van der Waals surface area contributed by atoms with Gasteiger partial charge in [-0.1, -0.05) is 13.8 Å². The second-order valence-electron chi connectivity index (χ2n) is 20.5. The van der Waals surface area contributed by atoms with Crippen molar-refractivity contribution in [3.8, 4) is 11.3 Å². The Balaban J connectivity index is 1.29. The maximum atomic E-state index is 16.6. The van der Waals surface area contributed by atoms with Crippen LogP contribution in [0.5, 0.6) is 0 Å². The van der Waals surface area contributed by atoms with Crippen LogP contribution in [0.4, 0.5) is 29.3 Å². The van der Waals surface area contributed by atoms with Gasteiger partial charge in [-0.15, -0.1) is 0 Å². The van der Waals surface area contributed by atoms with Crippen LogP contribution in [0.1, 0.15) is 104 Å². The molecule has 3 saturated heterocycles. The van der Waals surface area contributed by atoms with Gasteiger partial charge in [-0.05, 0) is 89.6 Å². The Bertz CT molecular complexity index is 2330. The van der Waals surface area contributed by atoms with E-state index >= 15 is 4.39 Å². The largest absolute Gasteiger partial charge is 0.480 e. The van der Waals surface area contributed by atoms with Crippen LogP contribution in [0.25, 0.3) is 22.2 Å². The molecule has 69 heavy (non-hydrogen) atoms. The summed E-state index contributed by atoms with van der Waals surface area (Å²) in [6.45, 7) is 16.3. The fourth-order valence-electron chi connectivity index (χ4n) is 9.62. The lowest BCUT2D eigenvalue weighted by atomic mass is 9.84. The molecule has 2 amide bonds. The lowest BCUT2D eigenvalue weighted by Gasteiger charge is -2.38. The summed E-state index contributed by atoms with van der Waals surface area (Å²) in [7, 11) is 1.53. The van der Waals surface area contributed by atoms with Gasteiger partial charge in [0.05, 0.1) is 54.2 Å². The molecule has 4 unspecified atom stereocenters. The Morgan fingerprint density at radius 3 is 2.33 bits per heavy atom. The fraction of sp³-hybridized carbons (Fsp3) is 0.653. The smallest absolute Gasteiger partial charge is 0.408 e. The van der Waals surface area contributed by atoms with E-state index in [1.807, 2.05) is 30.9 Å². The summed E-state index contributed by atoms with van der Waals surface area (Å²) in [5.41, 5.74) is 4.49. The van der Waals surface area contributed by atoms with Gasteiger partial charge in [-0.3, -0.25) is 29.3 Å².